The van der Waals surface area contributed by atoms with E-state index in [9.17, 15) is 14.4 Å². The predicted octanol–water partition coefficient (Wildman–Crippen LogP) is 2.77. The van der Waals surface area contributed by atoms with Gasteiger partial charge in [0.15, 0.2) is 0 Å². The Hall–Kier alpha value is -3.61. The van der Waals surface area contributed by atoms with E-state index in [1.807, 2.05) is 43.3 Å². The van der Waals surface area contributed by atoms with Gasteiger partial charge in [0, 0.05) is 13.6 Å². The Balaban J connectivity index is 1.80. The molecular weight excluding hydrogens is 370 g/mol. The molecule has 0 saturated heterocycles. The van der Waals surface area contributed by atoms with Gasteiger partial charge in [-0.1, -0.05) is 25.1 Å². The van der Waals surface area contributed by atoms with Gasteiger partial charge in [0.2, 0.25) is 5.78 Å². The van der Waals surface area contributed by atoms with Crippen molar-refractivity contribution in [3.05, 3.63) is 74.1 Å². The third kappa shape index (κ3) is 3.04. The standard InChI is InChI=1S/C22H21N3O4/c1-4-9-25-20-18(21(27)24(2)22(25)28)19(26)17(23-20)11-13-5-6-15-12-16(29-3)8-7-14(15)10-13/h5-8,10-12,23H,4,9H2,1-3H3/b17-11+. The minimum Gasteiger partial charge on any atom is -0.497 e. The molecule has 0 atom stereocenters. The fourth-order valence-electron chi connectivity index (χ4n) is 3.58. The summed E-state index contributed by atoms with van der Waals surface area (Å²) >= 11 is 0. The molecule has 7 nitrogen and oxygen atoms in total. The van der Waals surface area contributed by atoms with E-state index >= 15 is 0 Å². The summed E-state index contributed by atoms with van der Waals surface area (Å²) in [6.07, 6.45) is 2.40. The van der Waals surface area contributed by atoms with Crippen molar-refractivity contribution in [2.24, 2.45) is 7.05 Å². The summed E-state index contributed by atoms with van der Waals surface area (Å²) in [7, 11) is 3.01. The van der Waals surface area contributed by atoms with Crippen LogP contribution in [0.25, 0.3) is 16.8 Å². The molecule has 2 aromatic carbocycles. The van der Waals surface area contributed by atoms with Crippen LogP contribution < -0.4 is 21.3 Å². The topological polar surface area (TPSA) is 82.3 Å². The largest absolute Gasteiger partial charge is 0.497 e. The average molecular weight is 391 g/mol. The zero-order valence-electron chi connectivity index (χ0n) is 16.5. The zero-order chi connectivity index (χ0) is 20.7. The van der Waals surface area contributed by atoms with Crippen molar-refractivity contribution < 1.29 is 9.53 Å². The van der Waals surface area contributed by atoms with Crippen molar-refractivity contribution in [2.75, 3.05) is 12.4 Å². The summed E-state index contributed by atoms with van der Waals surface area (Å²) in [6, 6.07) is 11.6. The number of carbonyl (C=O) groups is 1. The molecule has 4 rings (SSSR count). The van der Waals surface area contributed by atoms with E-state index in [4.69, 9.17) is 4.74 Å². The van der Waals surface area contributed by atoms with Crippen LogP contribution in [-0.4, -0.2) is 22.0 Å². The number of nitrogens with zero attached hydrogens (tertiary/aromatic N) is 2. The normalized spacial score (nSPS) is 14.3. The van der Waals surface area contributed by atoms with E-state index in [0.717, 1.165) is 26.7 Å². The molecule has 0 aliphatic carbocycles. The Morgan fingerprint density at radius 2 is 1.79 bits per heavy atom. The smallest absolute Gasteiger partial charge is 0.332 e. The highest BCUT2D eigenvalue weighted by molar-refractivity contribution is 6.19. The van der Waals surface area contributed by atoms with Crippen LogP contribution in [0.4, 0.5) is 5.82 Å². The minimum absolute atomic E-state index is 0.0114. The molecule has 0 radical (unpaired) electrons. The van der Waals surface area contributed by atoms with Gasteiger partial charge in [0.1, 0.15) is 17.1 Å². The summed E-state index contributed by atoms with van der Waals surface area (Å²) < 4.78 is 7.68. The van der Waals surface area contributed by atoms with E-state index < -0.39 is 17.0 Å². The number of rotatable bonds is 4. The molecule has 0 bridgehead atoms. The number of ether oxygens (including phenoxy) is 1. The molecule has 3 aromatic rings. The first kappa shape index (κ1) is 18.7. The average Bonchev–Trinajstić information content (AvgIpc) is 3.05. The van der Waals surface area contributed by atoms with Gasteiger partial charge in [-0.25, -0.2) is 4.79 Å². The van der Waals surface area contributed by atoms with E-state index in [0.29, 0.717) is 13.0 Å². The Morgan fingerprint density at radius 1 is 1.07 bits per heavy atom. The number of carbonyl (C=O) groups excluding carboxylic acids is 1. The number of fused-ring (bicyclic) bond motifs is 2. The van der Waals surface area contributed by atoms with Crippen LogP contribution in [0.15, 0.2) is 51.7 Å². The Kier molecular flexibility index (Phi) is 4.58. The van der Waals surface area contributed by atoms with Gasteiger partial charge in [-0.3, -0.25) is 18.7 Å². The van der Waals surface area contributed by atoms with Crippen molar-refractivity contribution in [1.29, 1.82) is 0 Å². The first-order chi connectivity index (χ1) is 13.9. The van der Waals surface area contributed by atoms with E-state index in [-0.39, 0.29) is 17.1 Å². The highest BCUT2D eigenvalue weighted by Crippen LogP contribution is 2.27. The molecule has 2 heterocycles. The van der Waals surface area contributed by atoms with Crippen molar-refractivity contribution >= 4 is 28.4 Å². The monoisotopic (exact) mass is 391 g/mol. The molecule has 1 N–H and O–H groups in total. The maximum absolute atomic E-state index is 12.9. The SMILES string of the molecule is CCCn1c2c(c(=O)n(C)c1=O)C(=O)/C(=C\c1ccc3cc(OC)ccc3c1)N2. The van der Waals surface area contributed by atoms with Crippen LogP contribution >= 0.6 is 0 Å². The van der Waals surface area contributed by atoms with E-state index in [1.165, 1.54) is 11.6 Å². The number of methoxy groups -OCH3 is 1. The second-order valence-corrected chi connectivity index (χ2v) is 7.01. The number of allylic oxidation sites excluding steroid dienone is 1. The lowest BCUT2D eigenvalue weighted by Gasteiger charge is -2.11. The summed E-state index contributed by atoms with van der Waals surface area (Å²) in [5, 5.41) is 5.02. The lowest BCUT2D eigenvalue weighted by molar-refractivity contribution is 0.104. The summed E-state index contributed by atoms with van der Waals surface area (Å²) in [6.45, 7) is 2.35. The number of hydrogen-bond acceptors (Lipinski definition) is 5. The third-order valence-corrected chi connectivity index (χ3v) is 5.10. The quantitative estimate of drug-likeness (QED) is 0.692. The van der Waals surface area contributed by atoms with E-state index in [2.05, 4.69) is 5.32 Å². The second-order valence-electron chi connectivity index (χ2n) is 7.01. The fraction of sp³-hybridized carbons (Fsp3) is 0.227. The maximum Gasteiger partial charge on any atom is 0.332 e. The summed E-state index contributed by atoms with van der Waals surface area (Å²) in [5.41, 5.74) is 0.0888. The Morgan fingerprint density at radius 3 is 2.52 bits per heavy atom. The molecule has 29 heavy (non-hydrogen) atoms. The van der Waals surface area contributed by atoms with Crippen LogP contribution in [-0.2, 0) is 13.6 Å². The van der Waals surface area contributed by atoms with Gasteiger partial charge < -0.3 is 10.1 Å². The molecule has 1 aliphatic rings. The molecule has 0 spiro atoms. The van der Waals surface area contributed by atoms with Crippen molar-refractivity contribution in [2.45, 2.75) is 19.9 Å². The molecule has 1 aliphatic heterocycles. The molecule has 1 aromatic heterocycles. The van der Waals surface area contributed by atoms with Crippen LogP contribution in [0.3, 0.4) is 0 Å². The number of benzene rings is 2. The van der Waals surface area contributed by atoms with E-state index in [1.54, 1.807) is 13.2 Å². The Bertz CT molecular complexity index is 1300. The zero-order valence-corrected chi connectivity index (χ0v) is 16.5. The number of hydrogen-bond donors (Lipinski definition) is 1. The fourth-order valence-corrected chi connectivity index (χ4v) is 3.58. The molecule has 148 valence electrons. The number of Topliss-reactive ketones (excluding diaryl/α,β-unsaturated/α-hetero) is 1. The molecular formula is C22H21N3O4. The van der Waals surface area contributed by atoms with Crippen LogP contribution in [0.2, 0.25) is 0 Å². The van der Waals surface area contributed by atoms with Crippen LogP contribution in [0.1, 0.15) is 29.3 Å². The molecule has 7 heteroatoms. The first-order valence-electron chi connectivity index (χ1n) is 9.39. The summed E-state index contributed by atoms with van der Waals surface area (Å²) in [4.78, 5) is 37.9. The van der Waals surface area contributed by atoms with Crippen LogP contribution in [0, 0.1) is 0 Å². The molecule has 0 saturated carbocycles. The van der Waals surface area contributed by atoms with Gasteiger partial charge in [-0.2, -0.15) is 0 Å². The number of aromatic nitrogens is 2. The molecule has 0 amide bonds. The Labute approximate surface area is 166 Å². The highest BCUT2D eigenvalue weighted by atomic mass is 16.5. The lowest BCUT2D eigenvalue weighted by Crippen LogP contribution is -2.40. The van der Waals surface area contributed by atoms with Gasteiger partial charge >= 0.3 is 5.69 Å². The number of anilines is 1. The highest BCUT2D eigenvalue weighted by Gasteiger charge is 2.32. The predicted molar refractivity (Wildman–Crippen MR) is 113 cm³/mol. The maximum atomic E-state index is 12.9. The second kappa shape index (κ2) is 7.09. The van der Waals surface area contributed by atoms with Gasteiger partial charge in [0.25, 0.3) is 5.56 Å². The van der Waals surface area contributed by atoms with Crippen molar-refractivity contribution in [3.8, 4) is 5.75 Å². The lowest BCUT2D eigenvalue weighted by atomic mass is 10.1. The first-order valence-corrected chi connectivity index (χ1v) is 9.39. The van der Waals surface area contributed by atoms with Crippen LogP contribution in [0.5, 0.6) is 5.75 Å². The third-order valence-electron chi connectivity index (χ3n) is 5.10. The van der Waals surface area contributed by atoms with Crippen molar-refractivity contribution in [1.82, 2.24) is 9.13 Å². The molecule has 0 unspecified atom stereocenters. The van der Waals surface area contributed by atoms with Gasteiger partial charge in [0.05, 0.1) is 12.8 Å². The molecule has 0 fully saturated rings. The number of ketones is 1. The van der Waals surface area contributed by atoms with Gasteiger partial charge in [-0.05, 0) is 47.0 Å². The summed E-state index contributed by atoms with van der Waals surface area (Å²) in [5.74, 6) is 0.651. The minimum atomic E-state index is -0.580. The van der Waals surface area contributed by atoms with Crippen molar-refractivity contribution in [3.63, 3.8) is 0 Å². The van der Waals surface area contributed by atoms with Gasteiger partial charge in [-0.15, -0.1) is 0 Å². The number of nitrogens with one attached hydrogen (secondary N) is 1.